The van der Waals surface area contributed by atoms with E-state index in [4.69, 9.17) is 0 Å². The quantitative estimate of drug-likeness (QED) is 0.609. The Hall–Kier alpha value is -2.13. The van der Waals surface area contributed by atoms with Crippen molar-refractivity contribution in [3.05, 3.63) is 29.3 Å². The molecule has 2 amide bonds. The van der Waals surface area contributed by atoms with Gasteiger partial charge in [-0.3, -0.25) is 9.59 Å². The smallest absolute Gasteiger partial charge is 0.239 e. The molecule has 25 heavy (non-hydrogen) atoms. The van der Waals surface area contributed by atoms with Crippen LogP contribution in [0.2, 0.25) is 0 Å². The number of carbonyl (C=O) groups excluding carboxylic acids is 2. The number of thioether (sulfide) groups is 1. The van der Waals surface area contributed by atoms with E-state index < -0.39 is 0 Å². The maximum absolute atomic E-state index is 11.7. The first kappa shape index (κ1) is 19.2. The topological polar surface area (TPSA) is 96.0 Å². The molecule has 2 aromatic rings. The number of benzene rings is 1. The number of amides is 2. The predicted octanol–water partition coefficient (Wildman–Crippen LogP) is 2.24. The summed E-state index contributed by atoms with van der Waals surface area (Å²) in [7, 11) is 0. The van der Waals surface area contributed by atoms with Gasteiger partial charge in [-0.1, -0.05) is 35.2 Å². The van der Waals surface area contributed by atoms with E-state index in [9.17, 15) is 9.59 Å². The Labute approximate surface area is 155 Å². The van der Waals surface area contributed by atoms with Crippen molar-refractivity contribution in [3.8, 4) is 0 Å². The molecule has 0 saturated carbocycles. The van der Waals surface area contributed by atoms with Gasteiger partial charge in [-0.25, -0.2) is 0 Å². The van der Waals surface area contributed by atoms with E-state index in [0.29, 0.717) is 16.0 Å². The number of nitrogens with zero attached hydrogens (tertiary/aromatic N) is 2. The van der Waals surface area contributed by atoms with Gasteiger partial charge in [0.25, 0.3) is 0 Å². The molecule has 134 valence electrons. The van der Waals surface area contributed by atoms with E-state index in [1.54, 1.807) is 0 Å². The molecule has 2 rings (SSSR count). The van der Waals surface area contributed by atoms with E-state index in [2.05, 4.69) is 39.1 Å². The first-order valence-corrected chi connectivity index (χ1v) is 9.62. The highest BCUT2D eigenvalue weighted by Gasteiger charge is 2.10. The molecule has 0 unspecified atom stereocenters. The fourth-order valence-electron chi connectivity index (χ4n) is 1.94. The molecule has 1 aromatic carbocycles. The Morgan fingerprint density at radius 3 is 2.72 bits per heavy atom. The standard InChI is InChI=1S/C16H21N5O2S2/c1-4-17-13(22)8-18-14(23)9-24-16-21-20-15(25-16)19-12-7-5-6-10(2)11(12)3/h5-7H,4,8-9H2,1-3H3,(H,17,22)(H,18,23)(H,19,20). The molecule has 0 aliphatic rings. The predicted molar refractivity (Wildman–Crippen MR) is 102 cm³/mol. The molecular weight excluding hydrogens is 358 g/mol. The van der Waals surface area contributed by atoms with Crippen molar-refractivity contribution in [2.75, 3.05) is 24.2 Å². The summed E-state index contributed by atoms with van der Waals surface area (Å²) in [5, 5.41) is 17.3. The van der Waals surface area contributed by atoms with Crippen molar-refractivity contribution in [2.45, 2.75) is 25.1 Å². The van der Waals surface area contributed by atoms with Crippen LogP contribution in [-0.2, 0) is 9.59 Å². The van der Waals surface area contributed by atoms with Gasteiger partial charge in [0.2, 0.25) is 16.9 Å². The molecule has 1 aromatic heterocycles. The van der Waals surface area contributed by atoms with Crippen LogP contribution in [0.5, 0.6) is 0 Å². The zero-order valence-electron chi connectivity index (χ0n) is 14.4. The lowest BCUT2D eigenvalue weighted by Crippen LogP contribution is -2.37. The Kier molecular flexibility index (Phi) is 7.20. The third-order valence-electron chi connectivity index (χ3n) is 3.40. The Balaban J connectivity index is 1.82. The zero-order valence-corrected chi connectivity index (χ0v) is 16.0. The molecule has 7 nitrogen and oxygen atoms in total. The Morgan fingerprint density at radius 2 is 1.96 bits per heavy atom. The molecule has 3 N–H and O–H groups in total. The molecular formula is C16H21N5O2S2. The van der Waals surface area contributed by atoms with Gasteiger partial charge in [0.05, 0.1) is 12.3 Å². The monoisotopic (exact) mass is 379 g/mol. The van der Waals surface area contributed by atoms with Crippen LogP contribution in [0.25, 0.3) is 0 Å². The van der Waals surface area contributed by atoms with Crippen LogP contribution in [0.4, 0.5) is 10.8 Å². The van der Waals surface area contributed by atoms with Crippen molar-refractivity contribution in [2.24, 2.45) is 0 Å². The normalized spacial score (nSPS) is 10.4. The van der Waals surface area contributed by atoms with E-state index in [1.165, 1.54) is 28.7 Å². The lowest BCUT2D eigenvalue weighted by atomic mass is 10.1. The first-order chi connectivity index (χ1) is 12.0. The number of likely N-dealkylation sites (N-methyl/N-ethyl adjacent to an activating group) is 1. The third kappa shape index (κ3) is 6.02. The fraction of sp³-hybridized carbons (Fsp3) is 0.375. The van der Waals surface area contributed by atoms with Crippen LogP contribution in [0.1, 0.15) is 18.1 Å². The number of carbonyl (C=O) groups is 2. The summed E-state index contributed by atoms with van der Waals surface area (Å²) >= 11 is 2.68. The summed E-state index contributed by atoms with van der Waals surface area (Å²) in [6.45, 7) is 6.47. The minimum Gasteiger partial charge on any atom is -0.355 e. The lowest BCUT2D eigenvalue weighted by Gasteiger charge is -2.08. The Morgan fingerprint density at radius 1 is 1.16 bits per heavy atom. The molecule has 0 saturated heterocycles. The van der Waals surface area contributed by atoms with Crippen molar-refractivity contribution < 1.29 is 9.59 Å². The number of hydrogen-bond donors (Lipinski definition) is 3. The summed E-state index contributed by atoms with van der Waals surface area (Å²) in [6, 6.07) is 6.03. The van der Waals surface area contributed by atoms with Gasteiger partial charge < -0.3 is 16.0 Å². The average molecular weight is 380 g/mol. The second-order valence-corrected chi connectivity index (χ2v) is 7.46. The van der Waals surface area contributed by atoms with Gasteiger partial charge in [-0.15, -0.1) is 10.2 Å². The minimum atomic E-state index is -0.213. The zero-order chi connectivity index (χ0) is 18.2. The molecule has 0 spiro atoms. The third-order valence-corrected chi connectivity index (χ3v) is 5.37. The van der Waals surface area contributed by atoms with Crippen LogP contribution >= 0.6 is 23.1 Å². The molecule has 0 fully saturated rings. The number of anilines is 2. The van der Waals surface area contributed by atoms with Crippen LogP contribution in [-0.4, -0.2) is 40.9 Å². The number of hydrogen-bond acceptors (Lipinski definition) is 7. The number of aryl methyl sites for hydroxylation is 1. The van der Waals surface area contributed by atoms with E-state index >= 15 is 0 Å². The molecule has 9 heteroatoms. The van der Waals surface area contributed by atoms with Gasteiger partial charge in [0, 0.05) is 12.2 Å². The summed E-state index contributed by atoms with van der Waals surface area (Å²) in [5.41, 5.74) is 3.36. The minimum absolute atomic E-state index is 0.0111. The van der Waals surface area contributed by atoms with Crippen molar-refractivity contribution in [3.63, 3.8) is 0 Å². The molecule has 1 heterocycles. The van der Waals surface area contributed by atoms with Crippen molar-refractivity contribution >= 4 is 45.7 Å². The number of rotatable bonds is 8. The second-order valence-electron chi connectivity index (χ2n) is 5.26. The molecule has 0 radical (unpaired) electrons. The highest BCUT2D eigenvalue weighted by atomic mass is 32.2. The number of aromatic nitrogens is 2. The van der Waals surface area contributed by atoms with E-state index in [0.717, 1.165) is 11.3 Å². The summed E-state index contributed by atoms with van der Waals surface area (Å²) in [4.78, 5) is 23.0. The highest BCUT2D eigenvalue weighted by Crippen LogP contribution is 2.29. The van der Waals surface area contributed by atoms with Gasteiger partial charge in [0.1, 0.15) is 0 Å². The lowest BCUT2D eigenvalue weighted by molar-refractivity contribution is -0.124. The van der Waals surface area contributed by atoms with Gasteiger partial charge in [0.15, 0.2) is 4.34 Å². The fourth-order valence-corrected chi connectivity index (χ4v) is 3.53. The number of nitrogens with one attached hydrogen (secondary N) is 3. The summed E-state index contributed by atoms with van der Waals surface area (Å²) < 4.78 is 0.695. The van der Waals surface area contributed by atoms with Crippen LogP contribution in [0.3, 0.4) is 0 Å². The van der Waals surface area contributed by atoms with Crippen LogP contribution in [0.15, 0.2) is 22.5 Å². The average Bonchev–Trinajstić information content (AvgIpc) is 3.03. The first-order valence-electron chi connectivity index (χ1n) is 7.82. The summed E-state index contributed by atoms with van der Waals surface area (Å²) in [6.07, 6.45) is 0. The van der Waals surface area contributed by atoms with Crippen LogP contribution in [0, 0.1) is 13.8 Å². The SMILES string of the molecule is CCNC(=O)CNC(=O)CSc1nnc(Nc2cccc(C)c2C)s1. The molecule has 0 atom stereocenters. The summed E-state index contributed by atoms with van der Waals surface area (Å²) in [5.74, 6) is -0.218. The van der Waals surface area contributed by atoms with E-state index in [1.807, 2.05) is 26.0 Å². The van der Waals surface area contributed by atoms with E-state index in [-0.39, 0.29) is 24.1 Å². The maximum atomic E-state index is 11.7. The molecule has 0 bridgehead atoms. The highest BCUT2D eigenvalue weighted by molar-refractivity contribution is 8.01. The molecule has 0 aliphatic heterocycles. The van der Waals surface area contributed by atoms with Crippen LogP contribution < -0.4 is 16.0 Å². The van der Waals surface area contributed by atoms with Crippen molar-refractivity contribution in [1.82, 2.24) is 20.8 Å². The second kappa shape index (κ2) is 9.38. The van der Waals surface area contributed by atoms with Gasteiger partial charge in [-0.05, 0) is 38.0 Å². The Bertz CT molecular complexity index is 748. The van der Waals surface area contributed by atoms with Gasteiger partial charge >= 0.3 is 0 Å². The molecule has 0 aliphatic carbocycles. The van der Waals surface area contributed by atoms with Gasteiger partial charge in [-0.2, -0.15) is 0 Å². The largest absolute Gasteiger partial charge is 0.355 e. The van der Waals surface area contributed by atoms with Crippen molar-refractivity contribution in [1.29, 1.82) is 0 Å². The maximum Gasteiger partial charge on any atom is 0.239 e.